The van der Waals surface area contributed by atoms with Crippen LogP contribution in [0, 0.1) is 11.7 Å². The maximum absolute atomic E-state index is 13.3. The molecule has 1 aliphatic heterocycles. The van der Waals surface area contributed by atoms with Crippen molar-refractivity contribution in [2.75, 3.05) is 6.54 Å². The molecule has 1 saturated heterocycles. The van der Waals surface area contributed by atoms with E-state index >= 15 is 0 Å². The van der Waals surface area contributed by atoms with Gasteiger partial charge in [-0.05, 0) is 61.4 Å². The predicted octanol–water partition coefficient (Wildman–Crippen LogP) is 3.91. The summed E-state index contributed by atoms with van der Waals surface area (Å²) in [7, 11) is 0. The number of allylic oxidation sites excluding steroid dienone is 1. The number of halogens is 1. The first kappa shape index (κ1) is 19.4. The highest BCUT2D eigenvalue weighted by atomic mass is 19.1. The predicted molar refractivity (Wildman–Crippen MR) is 105 cm³/mol. The minimum atomic E-state index is -0.544. The SMILES string of the molecule is CC(C)C[C@H]1C(=O)NC(=C2CCC2)CN1C(=O)c1cc(-c2ccc(F)cc2)on1. The van der Waals surface area contributed by atoms with Crippen LogP contribution in [0.5, 0.6) is 0 Å². The van der Waals surface area contributed by atoms with Gasteiger partial charge in [-0.1, -0.05) is 19.0 Å². The second-order valence-electron chi connectivity index (χ2n) is 8.09. The molecule has 1 N–H and O–H groups in total. The van der Waals surface area contributed by atoms with Gasteiger partial charge in [0.25, 0.3) is 5.91 Å². The Morgan fingerprint density at radius 1 is 1.31 bits per heavy atom. The smallest absolute Gasteiger partial charge is 0.277 e. The lowest BCUT2D eigenvalue weighted by atomic mass is 9.88. The number of rotatable bonds is 4. The highest BCUT2D eigenvalue weighted by Gasteiger charge is 2.38. The topological polar surface area (TPSA) is 75.4 Å². The van der Waals surface area contributed by atoms with Gasteiger partial charge in [-0.3, -0.25) is 9.59 Å². The van der Waals surface area contributed by atoms with Crippen molar-refractivity contribution in [1.29, 1.82) is 0 Å². The number of nitrogens with zero attached hydrogens (tertiary/aromatic N) is 2. The second-order valence-corrected chi connectivity index (χ2v) is 8.09. The molecule has 4 rings (SSSR count). The lowest BCUT2D eigenvalue weighted by molar-refractivity contribution is -0.127. The quantitative estimate of drug-likeness (QED) is 0.849. The van der Waals surface area contributed by atoms with Gasteiger partial charge in [0.05, 0.1) is 6.54 Å². The molecule has 2 amide bonds. The standard InChI is InChI=1S/C22H24FN3O3/c1-13(2)10-19-21(27)24-18(14-4-3-5-14)12-26(19)22(28)17-11-20(29-25-17)15-6-8-16(23)9-7-15/h6-9,11,13,19H,3-5,10,12H2,1-2H3,(H,24,27)/t19-/m0/s1. The molecule has 1 aromatic carbocycles. The molecule has 2 fully saturated rings. The van der Waals surface area contributed by atoms with Crippen molar-refractivity contribution in [3.63, 3.8) is 0 Å². The first-order valence-electron chi connectivity index (χ1n) is 9.97. The van der Waals surface area contributed by atoms with Gasteiger partial charge in [0, 0.05) is 17.3 Å². The van der Waals surface area contributed by atoms with Crippen molar-refractivity contribution >= 4 is 11.8 Å². The van der Waals surface area contributed by atoms with Gasteiger partial charge in [0.2, 0.25) is 5.91 Å². The molecule has 1 aliphatic carbocycles. The van der Waals surface area contributed by atoms with Crippen LogP contribution in [0.25, 0.3) is 11.3 Å². The van der Waals surface area contributed by atoms with E-state index in [4.69, 9.17) is 4.52 Å². The summed E-state index contributed by atoms with van der Waals surface area (Å²) < 4.78 is 18.5. The normalized spacial score (nSPS) is 19.4. The molecule has 1 atom stereocenters. The summed E-state index contributed by atoms with van der Waals surface area (Å²) in [6.07, 6.45) is 3.61. The fraction of sp³-hybridized carbons (Fsp3) is 0.409. The third-order valence-electron chi connectivity index (χ3n) is 5.48. The Morgan fingerprint density at radius 2 is 2.03 bits per heavy atom. The Bertz CT molecular complexity index is 956. The van der Waals surface area contributed by atoms with Crippen molar-refractivity contribution in [1.82, 2.24) is 15.4 Å². The molecule has 6 nitrogen and oxygen atoms in total. The number of amides is 2. The zero-order valence-electron chi connectivity index (χ0n) is 16.6. The van der Waals surface area contributed by atoms with E-state index in [0.29, 0.717) is 24.3 Å². The minimum absolute atomic E-state index is 0.144. The summed E-state index contributed by atoms with van der Waals surface area (Å²) in [5.74, 6) is -0.189. The summed E-state index contributed by atoms with van der Waals surface area (Å²) in [6, 6.07) is 6.79. The average molecular weight is 397 g/mol. The molecule has 2 aromatic rings. The summed E-state index contributed by atoms with van der Waals surface area (Å²) in [5.41, 5.74) is 2.83. The van der Waals surface area contributed by atoms with Crippen molar-refractivity contribution in [3.8, 4) is 11.3 Å². The number of carbonyl (C=O) groups is 2. The van der Waals surface area contributed by atoms with Crippen LogP contribution in [0.2, 0.25) is 0 Å². The van der Waals surface area contributed by atoms with Crippen molar-refractivity contribution in [2.45, 2.75) is 45.6 Å². The molecule has 7 heteroatoms. The third-order valence-corrected chi connectivity index (χ3v) is 5.48. The fourth-order valence-electron chi connectivity index (χ4n) is 3.72. The summed E-state index contributed by atoms with van der Waals surface area (Å²) in [5, 5.41) is 6.94. The van der Waals surface area contributed by atoms with Crippen LogP contribution in [-0.4, -0.2) is 34.5 Å². The Labute approximate surface area is 168 Å². The van der Waals surface area contributed by atoms with Gasteiger partial charge >= 0.3 is 0 Å². The van der Waals surface area contributed by atoms with E-state index in [1.165, 1.54) is 17.7 Å². The number of benzene rings is 1. The molecule has 152 valence electrons. The van der Waals surface area contributed by atoms with E-state index in [0.717, 1.165) is 25.0 Å². The number of carbonyl (C=O) groups excluding carboxylic acids is 2. The van der Waals surface area contributed by atoms with Gasteiger partial charge in [0.1, 0.15) is 11.9 Å². The van der Waals surface area contributed by atoms with Gasteiger partial charge < -0.3 is 14.7 Å². The Balaban J connectivity index is 1.61. The third kappa shape index (κ3) is 3.95. The van der Waals surface area contributed by atoms with Crippen LogP contribution in [0.4, 0.5) is 4.39 Å². The lowest BCUT2D eigenvalue weighted by Gasteiger charge is -2.38. The van der Waals surface area contributed by atoms with E-state index < -0.39 is 6.04 Å². The largest absolute Gasteiger partial charge is 0.355 e. The summed E-state index contributed by atoms with van der Waals surface area (Å²) >= 11 is 0. The molecule has 29 heavy (non-hydrogen) atoms. The zero-order chi connectivity index (χ0) is 20.5. The van der Waals surface area contributed by atoms with E-state index in [-0.39, 0.29) is 29.2 Å². The molecule has 0 bridgehead atoms. The molecule has 0 unspecified atom stereocenters. The number of hydrogen-bond acceptors (Lipinski definition) is 4. The number of nitrogens with one attached hydrogen (secondary N) is 1. The molecule has 0 spiro atoms. The van der Waals surface area contributed by atoms with Crippen LogP contribution in [0.1, 0.15) is 50.0 Å². The Hall–Kier alpha value is -2.96. The van der Waals surface area contributed by atoms with Gasteiger partial charge in [-0.15, -0.1) is 0 Å². The molecule has 1 saturated carbocycles. The highest BCUT2D eigenvalue weighted by Crippen LogP contribution is 2.31. The van der Waals surface area contributed by atoms with Crippen molar-refractivity contribution in [2.24, 2.45) is 5.92 Å². The van der Waals surface area contributed by atoms with Gasteiger partial charge in [-0.25, -0.2) is 4.39 Å². The Kier molecular flexibility index (Phi) is 5.22. The van der Waals surface area contributed by atoms with Crippen LogP contribution >= 0.6 is 0 Å². The molecule has 0 radical (unpaired) electrons. The monoisotopic (exact) mass is 397 g/mol. The first-order chi connectivity index (χ1) is 13.9. The van der Waals surface area contributed by atoms with Crippen molar-refractivity contribution < 1.29 is 18.5 Å². The highest BCUT2D eigenvalue weighted by molar-refractivity contribution is 5.98. The molecule has 2 heterocycles. The molecule has 2 aliphatic rings. The average Bonchev–Trinajstić information content (AvgIpc) is 3.12. The zero-order valence-corrected chi connectivity index (χ0v) is 16.6. The van der Waals surface area contributed by atoms with Gasteiger partial charge in [0.15, 0.2) is 11.5 Å². The van der Waals surface area contributed by atoms with Crippen LogP contribution in [0.3, 0.4) is 0 Å². The van der Waals surface area contributed by atoms with Crippen LogP contribution in [0.15, 0.2) is 46.1 Å². The molecular weight excluding hydrogens is 373 g/mol. The Morgan fingerprint density at radius 3 is 2.66 bits per heavy atom. The van der Waals surface area contributed by atoms with Crippen LogP contribution < -0.4 is 5.32 Å². The maximum atomic E-state index is 13.3. The molecular formula is C22H24FN3O3. The molecule has 1 aromatic heterocycles. The van der Waals surface area contributed by atoms with E-state index in [1.54, 1.807) is 23.1 Å². The number of aromatic nitrogens is 1. The maximum Gasteiger partial charge on any atom is 0.277 e. The summed E-state index contributed by atoms with van der Waals surface area (Å²) in [4.78, 5) is 27.6. The van der Waals surface area contributed by atoms with Gasteiger partial charge in [-0.2, -0.15) is 0 Å². The van der Waals surface area contributed by atoms with E-state index in [1.807, 2.05) is 13.8 Å². The lowest BCUT2D eigenvalue weighted by Crippen LogP contribution is -2.57. The van der Waals surface area contributed by atoms with E-state index in [2.05, 4.69) is 10.5 Å². The van der Waals surface area contributed by atoms with Crippen molar-refractivity contribution in [3.05, 3.63) is 53.1 Å². The minimum Gasteiger partial charge on any atom is -0.355 e. The fourth-order valence-corrected chi connectivity index (χ4v) is 3.72. The summed E-state index contributed by atoms with van der Waals surface area (Å²) in [6.45, 7) is 4.42. The second kappa shape index (κ2) is 7.81. The van der Waals surface area contributed by atoms with Crippen LogP contribution in [-0.2, 0) is 4.79 Å². The first-order valence-corrected chi connectivity index (χ1v) is 9.97. The number of hydrogen-bond donors (Lipinski definition) is 1. The van der Waals surface area contributed by atoms with E-state index in [9.17, 15) is 14.0 Å². The number of piperazine rings is 1.